The molecule has 2 atom stereocenters. The van der Waals surface area contributed by atoms with Crippen LogP contribution in [0.15, 0.2) is 18.2 Å². The first kappa shape index (κ1) is 16.1. The maximum absolute atomic E-state index is 10.9. The third-order valence-electron chi connectivity index (χ3n) is 2.74. The number of hydrogen-bond acceptors (Lipinski definition) is 3. The number of rotatable bonds is 6. The van der Waals surface area contributed by atoms with E-state index in [0.717, 1.165) is 12.8 Å². The average molecular weight is 306 g/mol. The zero-order chi connectivity index (χ0) is 14.4. The number of nitrogens with two attached hydrogens (primary N) is 1. The lowest BCUT2D eigenvalue weighted by Crippen LogP contribution is -2.28. The molecule has 0 unspecified atom stereocenters. The molecule has 1 amide bonds. The van der Waals surface area contributed by atoms with Crippen LogP contribution in [0.2, 0.25) is 10.0 Å². The number of unbranched alkanes of at least 4 members (excludes halogenated alkanes) is 1. The molecule has 19 heavy (non-hydrogen) atoms. The van der Waals surface area contributed by atoms with Crippen LogP contribution in [-0.2, 0) is 4.74 Å². The lowest BCUT2D eigenvalue weighted by Gasteiger charge is -2.23. The Morgan fingerprint density at radius 2 is 2.16 bits per heavy atom. The van der Waals surface area contributed by atoms with E-state index in [4.69, 9.17) is 33.7 Å². The van der Waals surface area contributed by atoms with Crippen molar-refractivity contribution in [3.63, 3.8) is 0 Å². The van der Waals surface area contributed by atoms with Gasteiger partial charge >= 0.3 is 6.09 Å². The van der Waals surface area contributed by atoms with Gasteiger partial charge in [-0.1, -0.05) is 42.6 Å². The molecular formula is C13H17Cl2NO3. The van der Waals surface area contributed by atoms with Crippen molar-refractivity contribution in [2.45, 2.75) is 38.4 Å². The smallest absolute Gasteiger partial charge is 0.404 e. The maximum Gasteiger partial charge on any atom is 0.404 e. The number of aliphatic hydroxyl groups is 1. The highest BCUT2D eigenvalue weighted by Gasteiger charge is 2.25. The van der Waals surface area contributed by atoms with E-state index in [1.54, 1.807) is 12.1 Å². The van der Waals surface area contributed by atoms with Crippen LogP contribution in [-0.4, -0.2) is 17.3 Å². The Hall–Kier alpha value is -0.970. The van der Waals surface area contributed by atoms with Gasteiger partial charge in [0, 0.05) is 15.6 Å². The summed E-state index contributed by atoms with van der Waals surface area (Å²) in [4.78, 5) is 10.9. The molecule has 0 radical (unpaired) electrons. The quantitative estimate of drug-likeness (QED) is 0.842. The number of hydrogen-bond donors (Lipinski definition) is 2. The third-order valence-corrected chi connectivity index (χ3v) is 3.31. The van der Waals surface area contributed by atoms with Crippen LogP contribution in [0.4, 0.5) is 4.79 Å². The summed E-state index contributed by atoms with van der Waals surface area (Å²) >= 11 is 11.8. The molecule has 0 saturated heterocycles. The Bertz CT molecular complexity index is 440. The van der Waals surface area contributed by atoms with Crippen molar-refractivity contribution >= 4 is 29.3 Å². The standard InChI is InChI=1S/C13H17Cl2NO3/c1-2-3-4-11(19-13(16)18)12(17)9-6-5-8(14)7-10(9)15/h5-7,11-12,17H,2-4H2,1H3,(H2,16,18)/t11-,12-/m1/s1. The number of aliphatic hydroxyl groups excluding tert-OH is 1. The predicted octanol–water partition coefficient (Wildman–Crippen LogP) is 3.68. The first-order chi connectivity index (χ1) is 8.95. The van der Waals surface area contributed by atoms with Crippen molar-refractivity contribution in [1.82, 2.24) is 0 Å². The van der Waals surface area contributed by atoms with E-state index in [1.807, 2.05) is 6.92 Å². The van der Waals surface area contributed by atoms with Gasteiger partial charge in [0.05, 0.1) is 0 Å². The number of halogens is 2. The summed E-state index contributed by atoms with van der Waals surface area (Å²) in [6, 6.07) is 4.76. The lowest BCUT2D eigenvalue weighted by atomic mass is 10.00. The van der Waals surface area contributed by atoms with Crippen LogP contribution in [0.5, 0.6) is 0 Å². The molecule has 0 aromatic heterocycles. The second kappa shape index (κ2) is 7.58. The highest BCUT2D eigenvalue weighted by molar-refractivity contribution is 6.35. The van der Waals surface area contributed by atoms with Gasteiger partial charge in [-0.2, -0.15) is 0 Å². The Balaban J connectivity index is 2.90. The minimum atomic E-state index is -1.02. The van der Waals surface area contributed by atoms with Gasteiger partial charge in [0.2, 0.25) is 0 Å². The van der Waals surface area contributed by atoms with Crippen molar-refractivity contribution in [3.8, 4) is 0 Å². The molecule has 0 bridgehead atoms. The minimum absolute atomic E-state index is 0.328. The Kier molecular flexibility index (Phi) is 6.42. The monoisotopic (exact) mass is 305 g/mol. The van der Waals surface area contributed by atoms with E-state index >= 15 is 0 Å². The molecular weight excluding hydrogens is 289 g/mol. The fourth-order valence-corrected chi connectivity index (χ4v) is 2.30. The molecule has 1 aromatic rings. The van der Waals surface area contributed by atoms with Gasteiger partial charge in [0.25, 0.3) is 0 Å². The molecule has 106 valence electrons. The maximum atomic E-state index is 10.9. The van der Waals surface area contributed by atoms with Crippen molar-refractivity contribution < 1.29 is 14.6 Å². The number of ether oxygens (including phenoxy) is 1. The summed E-state index contributed by atoms with van der Waals surface area (Å²) in [5.41, 5.74) is 5.48. The molecule has 4 nitrogen and oxygen atoms in total. The summed E-state index contributed by atoms with van der Waals surface area (Å²) in [5, 5.41) is 11.1. The van der Waals surface area contributed by atoms with E-state index in [9.17, 15) is 9.90 Å². The molecule has 1 aromatic carbocycles. The summed E-state index contributed by atoms with van der Waals surface area (Å²) in [7, 11) is 0. The summed E-state index contributed by atoms with van der Waals surface area (Å²) in [6.45, 7) is 2.00. The van der Waals surface area contributed by atoms with Gasteiger partial charge in [0.1, 0.15) is 12.2 Å². The Morgan fingerprint density at radius 1 is 1.47 bits per heavy atom. The van der Waals surface area contributed by atoms with Crippen LogP contribution in [0.3, 0.4) is 0 Å². The minimum Gasteiger partial charge on any atom is -0.443 e. The fraction of sp³-hybridized carbons (Fsp3) is 0.462. The van der Waals surface area contributed by atoms with E-state index in [1.165, 1.54) is 6.07 Å². The van der Waals surface area contributed by atoms with Crippen molar-refractivity contribution in [2.24, 2.45) is 5.73 Å². The summed E-state index contributed by atoms with van der Waals surface area (Å²) in [5.74, 6) is 0. The second-order valence-corrected chi connectivity index (χ2v) is 5.07. The van der Waals surface area contributed by atoms with E-state index < -0.39 is 18.3 Å². The van der Waals surface area contributed by atoms with Crippen molar-refractivity contribution in [3.05, 3.63) is 33.8 Å². The number of primary amides is 1. The van der Waals surface area contributed by atoms with Crippen molar-refractivity contribution in [1.29, 1.82) is 0 Å². The molecule has 0 aliphatic rings. The highest BCUT2D eigenvalue weighted by atomic mass is 35.5. The zero-order valence-electron chi connectivity index (χ0n) is 10.6. The zero-order valence-corrected chi connectivity index (χ0v) is 12.1. The lowest BCUT2D eigenvalue weighted by molar-refractivity contribution is -0.000249. The average Bonchev–Trinajstić information content (AvgIpc) is 2.33. The summed E-state index contributed by atoms with van der Waals surface area (Å²) < 4.78 is 4.95. The molecule has 0 saturated carbocycles. The van der Waals surface area contributed by atoms with Crippen LogP contribution in [0, 0.1) is 0 Å². The van der Waals surface area contributed by atoms with Crippen LogP contribution >= 0.6 is 23.2 Å². The second-order valence-electron chi connectivity index (χ2n) is 4.23. The Labute approximate surface area is 122 Å². The van der Waals surface area contributed by atoms with E-state index in [0.29, 0.717) is 22.0 Å². The molecule has 0 aliphatic carbocycles. The van der Waals surface area contributed by atoms with Gasteiger partial charge in [-0.05, 0) is 25.0 Å². The van der Waals surface area contributed by atoms with Gasteiger partial charge in [-0.15, -0.1) is 0 Å². The largest absolute Gasteiger partial charge is 0.443 e. The number of benzene rings is 1. The molecule has 3 N–H and O–H groups in total. The first-order valence-electron chi connectivity index (χ1n) is 6.04. The van der Waals surface area contributed by atoms with Gasteiger partial charge in [0.15, 0.2) is 0 Å². The summed E-state index contributed by atoms with van der Waals surface area (Å²) in [6.07, 6.45) is -0.412. The van der Waals surface area contributed by atoms with Crippen LogP contribution in [0.25, 0.3) is 0 Å². The van der Waals surface area contributed by atoms with Gasteiger partial charge in [-0.3, -0.25) is 0 Å². The van der Waals surface area contributed by atoms with Gasteiger partial charge < -0.3 is 15.6 Å². The molecule has 6 heteroatoms. The molecule has 0 spiro atoms. The van der Waals surface area contributed by atoms with Gasteiger partial charge in [-0.25, -0.2) is 4.79 Å². The highest BCUT2D eigenvalue weighted by Crippen LogP contribution is 2.30. The van der Waals surface area contributed by atoms with Crippen LogP contribution in [0.1, 0.15) is 37.9 Å². The predicted molar refractivity (Wildman–Crippen MR) is 75.4 cm³/mol. The molecule has 0 fully saturated rings. The van der Waals surface area contributed by atoms with E-state index in [2.05, 4.69) is 0 Å². The fourth-order valence-electron chi connectivity index (χ4n) is 1.78. The van der Waals surface area contributed by atoms with E-state index in [-0.39, 0.29) is 0 Å². The van der Waals surface area contributed by atoms with Crippen molar-refractivity contribution in [2.75, 3.05) is 0 Å². The molecule has 0 aliphatic heterocycles. The van der Waals surface area contributed by atoms with Crippen LogP contribution < -0.4 is 5.73 Å². The number of carbonyl (C=O) groups is 1. The molecule has 1 rings (SSSR count). The topological polar surface area (TPSA) is 72.5 Å². The SMILES string of the molecule is CCCC[C@@H](OC(N)=O)[C@H](O)c1ccc(Cl)cc1Cl. The first-order valence-corrected chi connectivity index (χ1v) is 6.80. The normalized spacial score (nSPS) is 13.9. The Morgan fingerprint density at radius 3 is 2.68 bits per heavy atom. The number of carbonyl (C=O) groups excluding carboxylic acids is 1. The number of amides is 1. The third kappa shape index (κ3) is 4.90. The molecule has 0 heterocycles.